The average Bonchev–Trinajstić information content (AvgIpc) is 2.20. The summed E-state index contributed by atoms with van der Waals surface area (Å²) in [6.45, 7) is 1.27. The number of aromatic nitrogens is 2. The monoisotopic (exact) mass is 197 g/mol. The molecule has 0 saturated carbocycles. The Balaban J connectivity index is 2.12. The van der Waals surface area contributed by atoms with Crippen molar-refractivity contribution in [3.63, 3.8) is 0 Å². The molecule has 0 amide bonds. The van der Waals surface area contributed by atoms with Gasteiger partial charge in [0.1, 0.15) is 0 Å². The van der Waals surface area contributed by atoms with E-state index in [4.69, 9.17) is 0 Å². The van der Waals surface area contributed by atoms with Gasteiger partial charge < -0.3 is 10.0 Å². The van der Waals surface area contributed by atoms with Crippen LogP contribution in [0.3, 0.4) is 0 Å². The van der Waals surface area contributed by atoms with Gasteiger partial charge in [-0.15, -0.1) is 0 Å². The lowest BCUT2D eigenvalue weighted by atomic mass is 10.1. The Morgan fingerprint density at radius 2 is 1.93 bits per heavy atom. The van der Waals surface area contributed by atoms with Crippen LogP contribution in [0.2, 0.25) is 0 Å². The molecule has 1 saturated heterocycles. The molecule has 1 aliphatic heterocycles. The van der Waals surface area contributed by atoms with Gasteiger partial charge >= 0.3 is 0 Å². The smallest absolute Gasteiger partial charge is 0.255 e. The summed E-state index contributed by atoms with van der Waals surface area (Å²) in [6.07, 6.45) is 3.87. The fraction of sp³-hybridized carbons (Fsp3) is 0.556. The molecule has 5 heteroatoms. The molecule has 0 unspecified atom stereocenters. The molecule has 0 spiro atoms. The van der Waals surface area contributed by atoms with Crippen LogP contribution >= 0.6 is 0 Å². The minimum Gasteiger partial charge on any atom is -0.393 e. The van der Waals surface area contributed by atoms with E-state index in [0.29, 0.717) is 31.7 Å². The number of anilines is 1. The number of hydrogen-bond acceptors (Lipinski definition) is 4. The summed E-state index contributed by atoms with van der Waals surface area (Å²) in [5.41, 5.74) is 0. The maximum atomic E-state index is 13.2. The summed E-state index contributed by atoms with van der Waals surface area (Å²) in [5, 5.41) is 9.29. The third-order valence-electron chi connectivity index (χ3n) is 2.40. The summed E-state index contributed by atoms with van der Waals surface area (Å²) < 4.78 is 13.2. The topological polar surface area (TPSA) is 49.2 Å². The Hall–Kier alpha value is -1.23. The van der Waals surface area contributed by atoms with Gasteiger partial charge in [-0.3, -0.25) is 0 Å². The van der Waals surface area contributed by atoms with Crippen LogP contribution in [-0.2, 0) is 0 Å². The molecule has 1 fully saturated rings. The Bertz CT molecular complexity index is 313. The first-order valence-corrected chi connectivity index (χ1v) is 4.67. The van der Waals surface area contributed by atoms with Crippen LogP contribution in [-0.4, -0.2) is 34.3 Å². The van der Waals surface area contributed by atoms with E-state index >= 15 is 0 Å². The molecule has 14 heavy (non-hydrogen) atoms. The van der Waals surface area contributed by atoms with Gasteiger partial charge in [-0.25, -0.2) is 9.97 Å². The normalized spacial score (nSPS) is 18.6. The van der Waals surface area contributed by atoms with E-state index in [0.717, 1.165) is 0 Å². The molecule has 76 valence electrons. The molecule has 1 aromatic heterocycles. The first-order valence-electron chi connectivity index (χ1n) is 4.67. The summed E-state index contributed by atoms with van der Waals surface area (Å²) >= 11 is 0. The summed E-state index contributed by atoms with van der Waals surface area (Å²) in [7, 11) is 0. The second-order valence-corrected chi connectivity index (χ2v) is 3.39. The van der Waals surface area contributed by atoms with Crippen molar-refractivity contribution in [1.82, 2.24) is 9.97 Å². The molecular formula is C9H12FN3O. The minimum absolute atomic E-state index is 0.258. The molecule has 1 N–H and O–H groups in total. The van der Waals surface area contributed by atoms with Crippen LogP contribution in [0.5, 0.6) is 0 Å². The lowest BCUT2D eigenvalue weighted by molar-refractivity contribution is 0.145. The van der Waals surface area contributed by atoms with Crippen molar-refractivity contribution in [2.75, 3.05) is 18.0 Å². The van der Waals surface area contributed by atoms with Gasteiger partial charge in [-0.2, -0.15) is 4.39 Å². The van der Waals surface area contributed by atoms with Gasteiger partial charge in [0, 0.05) is 25.5 Å². The zero-order chi connectivity index (χ0) is 9.97. The van der Waals surface area contributed by atoms with Crippen molar-refractivity contribution in [2.24, 2.45) is 0 Å². The molecule has 2 heterocycles. The van der Waals surface area contributed by atoms with Crippen LogP contribution in [0.25, 0.3) is 0 Å². The van der Waals surface area contributed by atoms with Gasteiger partial charge in [-0.1, -0.05) is 0 Å². The Morgan fingerprint density at radius 1 is 1.29 bits per heavy atom. The Labute approximate surface area is 81.4 Å². The molecule has 0 bridgehead atoms. The highest BCUT2D eigenvalue weighted by atomic mass is 19.1. The quantitative estimate of drug-likeness (QED) is 0.715. The van der Waals surface area contributed by atoms with Gasteiger partial charge in [-0.05, 0) is 12.8 Å². The highest BCUT2D eigenvalue weighted by Crippen LogP contribution is 2.18. The van der Waals surface area contributed by atoms with Gasteiger partial charge in [0.2, 0.25) is 0 Å². The van der Waals surface area contributed by atoms with Crippen molar-refractivity contribution >= 4 is 5.82 Å². The van der Waals surface area contributed by atoms with E-state index < -0.39 is 5.95 Å². The molecule has 2 rings (SSSR count). The van der Waals surface area contributed by atoms with E-state index in [1.807, 2.05) is 4.90 Å². The second kappa shape index (κ2) is 3.88. The summed E-state index contributed by atoms with van der Waals surface area (Å²) in [6, 6.07) is 0. The van der Waals surface area contributed by atoms with E-state index in [1.54, 1.807) is 0 Å². The molecular weight excluding hydrogens is 185 g/mol. The predicted molar refractivity (Wildman–Crippen MR) is 49.4 cm³/mol. The summed E-state index contributed by atoms with van der Waals surface area (Å²) in [5.74, 6) is -0.247. The van der Waals surface area contributed by atoms with Gasteiger partial charge in [0.15, 0.2) is 5.82 Å². The van der Waals surface area contributed by atoms with E-state index in [1.165, 1.54) is 12.4 Å². The molecule has 0 aromatic carbocycles. The van der Waals surface area contributed by atoms with Crippen molar-refractivity contribution < 1.29 is 9.50 Å². The van der Waals surface area contributed by atoms with Crippen molar-refractivity contribution in [2.45, 2.75) is 18.9 Å². The highest BCUT2D eigenvalue weighted by molar-refractivity contribution is 5.37. The fourth-order valence-electron chi connectivity index (χ4n) is 1.60. The maximum absolute atomic E-state index is 13.2. The number of aliphatic hydroxyl groups is 1. The Morgan fingerprint density at radius 3 is 2.57 bits per heavy atom. The number of halogens is 1. The Kier molecular flexibility index (Phi) is 2.58. The number of nitrogens with zero attached hydrogens (tertiary/aromatic N) is 3. The SMILES string of the molecule is OC1CCN(c2nccnc2F)CC1. The van der Waals surface area contributed by atoms with E-state index in [-0.39, 0.29) is 6.10 Å². The average molecular weight is 197 g/mol. The lowest BCUT2D eigenvalue weighted by Gasteiger charge is -2.30. The molecule has 0 atom stereocenters. The highest BCUT2D eigenvalue weighted by Gasteiger charge is 2.20. The standard InChI is InChI=1S/C9H12FN3O/c10-8-9(12-4-3-11-8)13-5-1-7(14)2-6-13/h3-4,7,14H,1-2,5-6H2. The third kappa shape index (κ3) is 1.82. The molecule has 0 radical (unpaired) electrons. The number of rotatable bonds is 1. The molecule has 1 aliphatic rings. The van der Waals surface area contributed by atoms with Crippen LogP contribution < -0.4 is 4.90 Å². The largest absolute Gasteiger partial charge is 0.393 e. The van der Waals surface area contributed by atoms with Crippen molar-refractivity contribution in [3.05, 3.63) is 18.3 Å². The van der Waals surface area contributed by atoms with E-state index in [2.05, 4.69) is 9.97 Å². The zero-order valence-corrected chi connectivity index (χ0v) is 7.73. The first kappa shape index (κ1) is 9.33. The third-order valence-corrected chi connectivity index (χ3v) is 2.40. The van der Waals surface area contributed by atoms with Crippen molar-refractivity contribution in [3.8, 4) is 0 Å². The number of hydrogen-bond donors (Lipinski definition) is 1. The summed E-state index contributed by atoms with van der Waals surface area (Å²) in [4.78, 5) is 9.29. The minimum atomic E-state index is -0.538. The van der Waals surface area contributed by atoms with Gasteiger partial charge in [0.05, 0.1) is 6.10 Å². The molecule has 4 nitrogen and oxygen atoms in total. The fourth-order valence-corrected chi connectivity index (χ4v) is 1.60. The lowest BCUT2D eigenvalue weighted by Crippen LogP contribution is -2.36. The second-order valence-electron chi connectivity index (χ2n) is 3.39. The van der Waals surface area contributed by atoms with Crippen LogP contribution in [0.1, 0.15) is 12.8 Å². The van der Waals surface area contributed by atoms with Crippen LogP contribution in [0.15, 0.2) is 12.4 Å². The first-order chi connectivity index (χ1) is 6.77. The van der Waals surface area contributed by atoms with Crippen LogP contribution in [0, 0.1) is 5.95 Å². The molecule has 1 aromatic rings. The van der Waals surface area contributed by atoms with Gasteiger partial charge in [0.25, 0.3) is 5.95 Å². The maximum Gasteiger partial charge on any atom is 0.255 e. The van der Waals surface area contributed by atoms with E-state index in [9.17, 15) is 9.50 Å². The van der Waals surface area contributed by atoms with Crippen molar-refractivity contribution in [1.29, 1.82) is 0 Å². The zero-order valence-electron chi connectivity index (χ0n) is 7.73. The number of aliphatic hydroxyl groups excluding tert-OH is 1. The number of piperidine rings is 1. The predicted octanol–water partition coefficient (Wildman–Crippen LogP) is 0.577. The molecule has 0 aliphatic carbocycles. The van der Waals surface area contributed by atoms with Crippen LogP contribution in [0.4, 0.5) is 10.2 Å².